The zero-order valence-corrected chi connectivity index (χ0v) is 22.9. The normalized spacial score (nSPS) is 11.7. The fraction of sp³-hybridized carbons (Fsp3) is 0. The molecule has 0 aliphatic heterocycles. The Bertz CT molecular complexity index is 2360. The highest BCUT2D eigenvalue weighted by molar-refractivity contribution is 6.05. The Hall–Kier alpha value is -5.94. The Kier molecular flexibility index (Phi) is 5.13. The van der Waals surface area contributed by atoms with Crippen LogP contribution in [0.25, 0.3) is 66.0 Å². The predicted octanol–water partition coefficient (Wildman–Crippen LogP) is 10.6. The van der Waals surface area contributed by atoms with Crippen molar-refractivity contribution in [3.63, 3.8) is 0 Å². The molecule has 9 aromatic rings. The molecule has 0 bridgehead atoms. The number of rotatable bonds is 4. The lowest BCUT2D eigenvalue weighted by Gasteiger charge is -2.24. The second kappa shape index (κ2) is 9.29. The summed E-state index contributed by atoms with van der Waals surface area (Å²) in [6, 6.07) is 45.7. The number of hydrogen-bond donors (Lipinski definition) is 0. The maximum Gasteiger partial charge on any atom is 0.229 e. The smallest absolute Gasteiger partial charge is 0.229 e. The number of anilines is 3. The minimum atomic E-state index is 0.591. The van der Waals surface area contributed by atoms with Gasteiger partial charge < -0.3 is 8.83 Å². The first-order chi connectivity index (χ1) is 21.3. The first-order valence-electron chi connectivity index (χ1n) is 14.2. The quantitative estimate of drug-likeness (QED) is 0.217. The third-order valence-electron chi connectivity index (χ3n) is 8.11. The van der Waals surface area contributed by atoms with Crippen molar-refractivity contribution < 1.29 is 8.83 Å². The van der Waals surface area contributed by atoms with Crippen molar-refractivity contribution in [2.45, 2.75) is 0 Å². The Labute approximate surface area is 246 Å². The molecule has 0 N–H and O–H groups in total. The van der Waals surface area contributed by atoms with Crippen LogP contribution in [0.15, 0.2) is 148 Å². The van der Waals surface area contributed by atoms with Gasteiger partial charge in [-0.15, -0.1) is 0 Å². The van der Waals surface area contributed by atoms with Gasteiger partial charge in [-0.2, -0.15) is 4.98 Å². The zero-order valence-electron chi connectivity index (χ0n) is 22.9. The Balaban J connectivity index is 1.25. The summed E-state index contributed by atoms with van der Waals surface area (Å²) in [6.07, 6.45) is 1.89. The molecular formula is C38H23N3O2. The number of hydrogen-bond acceptors (Lipinski definition) is 5. The van der Waals surface area contributed by atoms with E-state index in [2.05, 4.69) is 77.7 Å². The standard InChI is InChI=1S/C38H23N3O2/c1-2-8-24(9-3-1)26-15-14-25-16-17-28(21-27(25)20-26)41(29-22-35-37(39-23-29)32-11-5-7-13-34(32)42-35)36-19-18-31-30-10-4-6-12-33(30)43-38(31)40-36/h1-23H. The van der Waals surface area contributed by atoms with Crippen LogP contribution in [0.4, 0.5) is 17.2 Å². The predicted molar refractivity (Wildman–Crippen MR) is 174 cm³/mol. The summed E-state index contributed by atoms with van der Waals surface area (Å²) in [5, 5.41) is 5.32. The first-order valence-corrected chi connectivity index (χ1v) is 14.2. The number of pyridine rings is 2. The van der Waals surface area contributed by atoms with E-state index in [9.17, 15) is 0 Å². The molecule has 9 rings (SSSR count). The van der Waals surface area contributed by atoms with E-state index < -0.39 is 0 Å². The van der Waals surface area contributed by atoms with Gasteiger partial charge in [0.2, 0.25) is 5.71 Å². The van der Waals surface area contributed by atoms with Gasteiger partial charge in [-0.25, -0.2) is 4.98 Å². The van der Waals surface area contributed by atoms with Gasteiger partial charge in [0.05, 0.1) is 11.9 Å². The van der Waals surface area contributed by atoms with Gasteiger partial charge in [0.1, 0.15) is 22.5 Å². The molecule has 0 atom stereocenters. The Morgan fingerprint density at radius 1 is 0.488 bits per heavy atom. The van der Waals surface area contributed by atoms with Crippen molar-refractivity contribution in [3.8, 4) is 11.1 Å². The largest absolute Gasteiger partial charge is 0.454 e. The summed E-state index contributed by atoms with van der Waals surface area (Å²) >= 11 is 0. The molecule has 202 valence electrons. The highest BCUT2D eigenvalue weighted by Crippen LogP contribution is 2.39. The van der Waals surface area contributed by atoms with Gasteiger partial charge in [0, 0.05) is 27.9 Å². The summed E-state index contributed by atoms with van der Waals surface area (Å²) in [5.74, 6) is 0.724. The lowest BCUT2D eigenvalue weighted by molar-refractivity contribution is 0.654. The minimum Gasteiger partial charge on any atom is -0.454 e. The second-order valence-corrected chi connectivity index (χ2v) is 10.7. The number of fused-ring (bicyclic) bond motifs is 7. The molecule has 5 aromatic carbocycles. The van der Waals surface area contributed by atoms with Crippen LogP contribution >= 0.6 is 0 Å². The van der Waals surface area contributed by atoms with Crippen LogP contribution < -0.4 is 4.90 Å². The second-order valence-electron chi connectivity index (χ2n) is 10.7. The third kappa shape index (κ3) is 3.86. The number of nitrogens with zero attached hydrogens (tertiary/aromatic N) is 3. The lowest BCUT2D eigenvalue weighted by Crippen LogP contribution is -2.11. The molecule has 0 fully saturated rings. The SMILES string of the molecule is c1ccc(-c2ccc3ccc(N(c4cnc5c(c4)oc4ccccc45)c4ccc5c(n4)oc4ccccc45)cc3c2)cc1. The third-order valence-corrected chi connectivity index (χ3v) is 8.11. The lowest BCUT2D eigenvalue weighted by atomic mass is 10.0. The van der Waals surface area contributed by atoms with Gasteiger partial charge in [0.15, 0.2) is 5.58 Å². The van der Waals surface area contributed by atoms with Crippen molar-refractivity contribution in [3.05, 3.63) is 140 Å². The molecule has 0 saturated heterocycles. The van der Waals surface area contributed by atoms with E-state index in [1.54, 1.807) is 0 Å². The number of benzene rings is 5. The summed E-state index contributed by atoms with van der Waals surface area (Å²) in [6.45, 7) is 0. The van der Waals surface area contributed by atoms with E-state index in [-0.39, 0.29) is 0 Å². The molecule has 0 unspecified atom stereocenters. The zero-order chi connectivity index (χ0) is 28.3. The fourth-order valence-electron chi connectivity index (χ4n) is 6.02. The van der Waals surface area contributed by atoms with E-state index in [0.29, 0.717) is 5.71 Å². The van der Waals surface area contributed by atoms with Gasteiger partial charge >= 0.3 is 0 Å². The topological polar surface area (TPSA) is 55.3 Å². The molecule has 0 aliphatic rings. The molecule has 4 aromatic heterocycles. The Morgan fingerprint density at radius 3 is 2.14 bits per heavy atom. The summed E-state index contributed by atoms with van der Waals surface area (Å²) in [4.78, 5) is 12.0. The average molecular weight is 554 g/mol. The number of furan rings is 2. The summed E-state index contributed by atoms with van der Waals surface area (Å²) in [5.41, 5.74) is 7.94. The summed E-state index contributed by atoms with van der Waals surface area (Å²) < 4.78 is 12.4. The van der Waals surface area contributed by atoms with Crippen LogP contribution in [0.5, 0.6) is 0 Å². The number of aromatic nitrogens is 2. The maximum atomic E-state index is 6.23. The molecule has 43 heavy (non-hydrogen) atoms. The van der Waals surface area contributed by atoms with Crippen LogP contribution in [-0.4, -0.2) is 9.97 Å². The van der Waals surface area contributed by atoms with Crippen molar-refractivity contribution in [2.75, 3.05) is 4.90 Å². The fourth-order valence-corrected chi connectivity index (χ4v) is 6.02. The summed E-state index contributed by atoms with van der Waals surface area (Å²) in [7, 11) is 0. The number of para-hydroxylation sites is 2. The maximum absolute atomic E-state index is 6.23. The molecule has 0 radical (unpaired) electrons. The van der Waals surface area contributed by atoms with Gasteiger partial charge in [-0.3, -0.25) is 4.90 Å². The molecule has 5 nitrogen and oxygen atoms in total. The van der Waals surface area contributed by atoms with E-state index in [1.165, 1.54) is 11.1 Å². The van der Waals surface area contributed by atoms with Crippen molar-refractivity contribution in [1.29, 1.82) is 0 Å². The molecule has 0 spiro atoms. The molecule has 5 heteroatoms. The first kappa shape index (κ1) is 23.7. The van der Waals surface area contributed by atoms with E-state index >= 15 is 0 Å². The van der Waals surface area contributed by atoms with Gasteiger partial charge in [-0.1, -0.05) is 78.9 Å². The van der Waals surface area contributed by atoms with Crippen molar-refractivity contribution in [1.82, 2.24) is 9.97 Å². The molecule has 0 aliphatic carbocycles. The molecule has 0 amide bonds. The van der Waals surface area contributed by atoms with Crippen molar-refractivity contribution in [2.24, 2.45) is 0 Å². The Morgan fingerprint density at radius 2 is 1.26 bits per heavy atom. The van der Waals surface area contributed by atoms with E-state index in [4.69, 9.17) is 18.8 Å². The minimum absolute atomic E-state index is 0.591. The van der Waals surface area contributed by atoms with E-state index in [1.807, 2.05) is 66.9 Å². The highest BCUT2D eigenvalue weighted by Gasteiger charge is 2.19. The van der Waals surface area contributed by atoms with Crippen LogP contribution in [0.2, 0.25) is 0 Å². The monoisotopic (exact) mass is 553 g/mol. The van der Waals surface area contributed by atoms with Gasteiger partial charge in [0.25, 0.3) is 0 Å². The highest BCUT2D eigenvalue weighted by atomic mass is 16.3. The van der Waals surface area contributed by atoms with Crippen LogP contribution in [0.1, 0.15) is 0 Å². The van der Waals surface area contributed by atoms with E-state index in [0.717, 1.165) is 66.4 Å². The average Bonchev–Trinajstić information content (AvgIpc) is 3.62. The molecule has 0 saturated carbocycles. The van der Waals surface area contributed by atoms with Crippen molar-refractivity contribution >= 4 is 72.1 Å². The van der Waals surface area contributed by atoms with Crippen LogP contribution in [0.3, 0.4) is 0 Å². The molecular weight excluding hydrogens is 530 g/mol. The molecule has 4 heterocycles. The van der Waals surface area contributed by atoms with Gasteiger partial charge in [-0.05, 0) is 70.4 Å². The van der Waals surface area contributed by atoms with Crippen LogP contribution in [-0.2, 0) is 0 Å². The van der Waals surface area contributed by atoms with Crippen LogP contribution in [0, 0.1) is 0 Å².